The summed E-state index contributed by atoms with van der Waals surface area (Å²) in [6, 6.07) is 36.5. The van der Waals surface area contributed by atoms with Gasteiger partial charge in [0.15, 0.2) is 0 Å². The van der Waals surface area contributed by atoms with Crippen LogP contribution in [-0.2, 0) is 30.9 Å². The number of halogens is 1. The second kappa shape index (κ2) is 28.6. The summed E-state index contributed by atoms with van der Waals surface area (Å²) < 4.78 is 3.65. The van der Waals surface area contributed by atoms with Crippen molar-refractivity contribution in [2.24, 2.45) is 11.8 Å². The van der Waals surface area contributed by atoms with Crippen molar-refractivity contribution in [3.8, 4) is 39.3 Å². The van der Waals surface area contributed by atoms with Crippen molar-refractivity contribution in [2.75, 3.05) is 0 Å². The molecule has 3 saturated carbocycles. The summed E-state index contributed by atoms with van der Waals surface area (Å²) in [5.74, 6) is 3.15. The molecule has 0 N–H and O–H groups in total. The molecule has 4 heteroatoms. The minimum absolute atomic E-state index is 0. The molecule has 3 fully saturated rings. The molecule has 5 aromatic rings. The molecule has 1 heterocycles. The summed E-state index contributed by atoms with van der Waals surface area (Å²) in [7, 11) is 0. The van der Waals surface area contributed by atoms with E-state index in [4.69, 9.17) is 4.98 Å². The molecule has 2 atom stereocenters. The molecule has 397 valence electrons. The Morgan fingerprint density at radius 3 is 1.56 bits per heavy atom. The molecule has 4 aromatic carbocycles. The first kappa shape index (κ1) is 56.4. The number of rotatable bonds is 30. The predicted octanol–water partition coefficient (Wildman–Crippen LogP) is 22.0. The normalized spacial score (nSPS) is 21.1. The topological polar surface area (TPSA) is 17.8 Å². The van der Waals surface area contributed by atoms with Crippen molar-refractivity contribution in [3.05, 3.63) is 118 Å². The zero-order chi connectivity index (χ0) is 49.4. The number of fused-ring (bicyclic) bond motifs is 3. The molecule has 1 radical (unpaired) electrons. The van der Waals surface area contributed by atoms with Gasteiger partial charge in [-0.2, -0.15) is 0 Å². The fourth-order valence-electron chi connectivity index (χ4n) is 15.2. The van der Waals surface area contributed by atoms with Crippen LogP contribution in [0.5, 0.6) is 0 Å². The van der Waals surface area contributed by atoms with E-state index in [9.17, 15) is 0 Å². The van der Waals surface area contributed by atoms with Crippen LogP contribution in [0.4, 0.5) is 0 Å². The minimum atomic E-state index is 0. The van der Waals surface area contributed by atoms with E-state index in [0.29, 0.717) is 5.92 Å². The van der Waals surface area contributed by atoms with Gasteiger partial charge in [-0.05, 0) is 108 Å². The maximum atomic E-state index is 5.62. The molecule has 0 amide bonds. The van der Waals surface area contributed by atoms with Gasteiger partial charge >= 0.3 is 0 Å². The summed E-state index contributed by atoms with van der Waals surface area (Å²) >= 11 is 4.07. The average Bonchev–Trinajstić information content (AvgIpc) is 4.10. The summed E-state index contributed by atoms with van der Waals surface area (Å²) in [5.41, 5.74) is 12.7. The van der Waals surface area contributed by atoms with Gasteiger partial charge in [-0.1, -0.05) is 270 Å². The van der Waals surface area contributed by atoms with Gasteiger partial charge in [0, 0.05) is 42.4 Å². The first-order chi connectivity index (χ1) is 35.5. The Kier molecular flexibility index (Phi) is 22.1. The number of benzene rings is 4. The average molecular weight is 1220 g/mol. The maximum absolute atomic E-state index is 5.62. The first-order valence-corrected chi connectivity index (χ1v) is 31.4. The standard InChI is InChI=1S/C69H94BrN2.Ir/c1-3-5-7-9-11-13-15-17-19-21-23-27-33-54-49-68-50-55(34-28-24-22-20-18-16-14-12-10-8-6-4-2)52-69(68,51-54)65-48-60(70)42-45-62(65)63-47-59(41-46-64(63)68)67-71-66(58-37-31-26-32-38-58)53-72(67)61-43-39-57(40-44-61)56-35-29-25-30-36-56;/h25,29-30,35-36,39-40,42-48,53-55,58H,3-24,26-28,31-34,37-38,49-52H2,1-2H3;/q-1;. The molecule has 2 unspecified atom stereocenters. The largest absolute Gasteiger partial charge is 0.340 e. The summed E-state index contributed by atoms with van der Waals surface area (Å²) in [6.45, 7) is 4.65. The second-order valence-electron chi connectivity index (χ2n) is 24.0. The molecule has 1 aromatic heterocycles. The number of aromatic nitrogens is 2. The van der Waals surface area contributed by atoms with E-state index in [0.717, 1.165) is 23.2 Å². The fourth-order valence-corrected chi connectivity index (χ4v) is 15.5. The van der Waals surface area contributed by atoms with Crippen LogP contribution in [0.2, 0.25) is 0 Å². The van der Waals surface area contributed by atoms with E-state index in [2.05, 4.69) is 132 Å². The molecule has 4 aliphatic rings. The van der Waals surface area contributed by atoms with E-state index < -0.39 is 0 Å². The molecular weight excluding hydrogens is 1130 g/mol. The zero-order valence-electron chi connectivity index (χ0n) is 45.7. The van der Waals surface area contributed by atoms with Gasteiger partial charge in [-0.3, -0.25) is 4.98 Å². The van der Waals surface area contributed by atoms with Crippen LogP contribution in [0.15, 0.2) is 95.6 Å². The van der Waals surface area contributed by atoms with Crippen LogP contribution < -0.4 is 0 Å². The van der Waals surface area contributed by atoms with Crippen molar-refractivity contribution in [1.82, 2.24) is 9.55 Å². The summed E-state index contributed by atoms with van der Waals surface area (Å²) in [4.78, 5) is 5.62. The van der Waals surface area contributed by atoms with Gasteiger partial charge < -0.3 is 4.57 Å². The van der Waals surface area contributed by atoms with E-state index in [1.807, 2.05) is 0 Å². The Morgan fingerprint density at radius 2 is 1.03 bits per heavy atom. The fraction of sp³-hybridized carbons (Fsp3) is 0.609. The van der Waals surface area contributed by atoms with E-state index in [1.165, 1.54) is 263 Å². The summed E-state index contributed by atoms with van der Waals surface area (Å²) in [6.07, 6.45) is 51.2. The Morgan fingerprint density at radius 1 is 0.534 bits per heavy atom. The van der Waals surface area contributed by atoms with Crippen LogP contribution >= 0.6 is 15.9 Å². The van der Waals surface area contributed by atoms with Crippen molar-refractivity contribution in [1.29, 1.82) is 0 Å². The summed E-state index contributed by atoms with van der Waals surface area (Å²) in [5, 5.41) is 0. The molecule has 0 spiro atoms. The van der Waals surface area contributed by atoms with Gasteiger partial charge in [0.1, 0.15) is 0 Å². The smallest absolute Gasteiger partial charge is 0.0606 e. The van der Waals surface area contributed by atoms with Crippen molar-refractivity contribution in [3.63, 3.8) is 0 Å². The minimum Gasteiger partial charge on any atom is -0.340 e. The van der Waals surface area contributed by atoms with Crippen molar-refractivity contribution < 1.29 is 20.1 Å². The molecule has 0 aliphatic heterocycles. The third-order valence-electron chi connectivity index (χ3n) is 18.9. The molecule has 4 aliphatic carbocycles. The SMILES string of the molecule is CCCCCCCCCCCCCCC1CC23CC(CCCCCCCCCCCCCC)CC2(C1)c1cc(Br)ccc1-c1cc(-c2nc(C4CCCCC4)cn2-c2ccc(-c4ccccc4)cc2)[c-]cc13.[Ir]. The molecule has 9 rings (SSSR count). The molecule has 0 saturated heterocycles. The third-order valence-corrected chi connectivity index (χ3v) is 19.4. The third kappa shape index (κ3) is 13.9. The van der Waals surface area contributed by atoms with E-state index >= 15 is 0 Å². The van der Waals surface area contributed by atoms with Crippen LogP contribution in [0, 0.1) is 17.9 Å². The second-order valence-corrected chi connectivity index (χ2v) is 25.0. The molecule has 2 nitrogen and oxygen atoms in total. The van der Waals surface area contributed by atoms with Gasteiger partial charge in [-0.15, -0.1) is 29.3 Å². The van der Waals surface area contributed by atoms with Crippen LogP contribution in [0.3, 0.4) is 0 Å². The molecule has 73 heavy (non-hydrogen) atoms. The van der Waals surface area contributed by atoms with Gasteiger partial charge in [0.2, 0.25) is 0 Å². The Labute approximate surface area is 467 Å². The quantitative estimate of drug-likeness (QED) is 0.0331. The van der Waals surface area contributed by atoms with E-state index in [-0.39, 0.29) is 30.9 Å². The Hall–Kier alpha value is -2.78. The van der Waals surface area contributed by atoms with Crippen LogP contribution in [0.1, 0.15) is 261 Å². The number of hydrogen-bond acceptors (Lipinski definition) is 1. The number of imidazole rings is 1. The van der Waals surface area contributed by atoms with Gasteiger partial charge in [0.25, 0.3) is 0 Å². The first-order valence-electron chi connectivity index (χ1n) is 30.6. The van der Waals surface area contributed by atoms with Crippen LogP contribution in [-0.4, -0.2) is 9.55 Å². The van der Waals surface area contributed by atoms with Gasteiger partial charge in [-0.25, -0.2) is 0 Å². The Balaban J connectivity index is 0.00000711. The van der Waals surface area contributed by atoms with E-state index in [1.54, 1.807) is 11.1 Å². The van der Waals surface area contributed by atoms with Gasteiger partial charge in [0.05, 0.1) is 11.5 Å². The Bertz CT molecular complexity index is 2350. The predicted molar refractivity (Wildman–Crippen MR) is 312 cm³/mol. The maximum Gasteiger partial charge on any atom is 0.0606 e. The monoisotopic (exact) mass is 1220 g/mol. The van der Waals surface area contributed by atoms with Crippen LogP contribution in [0.25, 0.3) is 39.3 Å². The van der Waals surface area contributed by atoms with Crippen molar-refractivity contribution >= 4 is 15.9 Å². The number of hydrogen-bond donors (Lipinski definition) is 0. The number of unbranched alkanes of at least 4 members (excludes halogenated alkanes) is 22. The molecular formula is C69H94BrIrN2-. The zero-order valence-corrected chi connectivity index (χ0v) is 49.7. The molecule has 0 bridgehead atoms. The number of nitrogens with zero attached hydrogens (tertiary/aromatic N) is 2. The van der Waals surface area contributed by atoms with Crippen molar-refractivity contribution in [2.45, 2.75) is 255 Å².